The van der Waals surface area contributed by atoms with E-state index in [1.165, 1.54) is 4.90 Å². The second-order valence-electron chi connectivity index (χ2n) is 8.61. The lowest BCUT2D eigenvalue weighted by Gasteiger charge is -2.09. The van der Waals surface area contributed by atoms with Crippen molar-refractivity contribution in [2.75, 3.05) is 27.2 Å². The molecule has 0 unspecified atom stereocenters. The SMILES string of the molecule is CCC=CCC=CCC=CCC=CCC=CCCCC(=O)NCCCCOC(=O)N=C(N)N=C(N)N(C)C. The number of aliphatic imine (C=N–C) groups is 2. The van der Waals surface area contributed by atoms with E-state index in [1.54, 1.807) is 14.1 Å². The number of nitrogens with zero attached hydrogens (tertiary/aromatic N) is 3. The van der Waals surface area contributed by atoms with Crippen molar-refractivity contribution in [3.63, 3.8) is 0 Å². The van der Waals surface area contributed by atoms with Gasteiger partial charge < -0.3 is 26.4 Å². The molecule has 0 aliphatic heterocycles. The van der Waals surface area contributed by atoms with Crippen LogP contribution in [-0.4, -0.2) is 56.1 Å². The lowest BCUT2D eigenvalue weighted by Crippen LogP contribution is -2.32. The van der Waals surface area contributed by atoms with E-state index in [4.69, 9.17) is 16.2 Å². The zero-order chi connectivity index (χ0) is 28.3. The molecule has 212 valence electrons. The van der Waals surface area contributed by atoms with Gasteiger partial charge in [0.2, 0.25) is 11.9 Å². The highest BCUT2D eigenvalue weighted by molar-refractivity contribution is 5.97. The Kier molecular flexibility index (Phi) is 22.7. The lowest BCUT2D eigenvalue weighted by molar-refractivity contribution is -0.121. The summed E-state index contributed by atoms with van der Waals surface area (Å²) in [6.45, 7) is 2.86. The van der Waals surface area contributed by atoms with Gasteiger partial charge in [0.15, 0.2) is 5.96 Å². The Hall–Kier alpha value is -3.62. The number of ether oxygens (including phenoxy) is 1. The van der Waals surface area contributed by atoms with Crippen LogP contribution in [0.2, 0.25) is 0 Å². The van der Waals surface area contributed by atoms with Crippen LogP contribution in [0.4, 0.5) is 4.79 Å². The predicted molar refractivity (Wildman–Crippen MR) is 159 cm³/mol. The molecule has 0 aromatic heterocycles. The van der Waals surface area contributed by atoms with Crippen LogP contribution in [0.1, 0.15) is 71.1 Å². The van der Waals surface area contributed by atoms with Gasteiger partial charge in [0.25, 0.3) is 0 Å². The first-order valence-corrected chi connectivity index (χ1v) is 13.4. The first-order chi connectivity index (χ1) is 18.4. The van der Waals surface area contributed by atoms with Crippen LogP contribution >= 0.6 is 0 Å². The molecule has 2 amide bonds. The van der Waals surface area contributed by atoms with Crippen molar-refractivity contribution in [1.29, 1.82) is 0 Å². The molecular weight excluding hydrogens is 480 g/mol. The fourth-order valence-electron chi connectivity index (χ4n) is 2.82. The van der Waals surface area contributed by atoms with Gasteiger partial charge in [0.05, 0.1) is 6.61 Å². The van der Waals surface area contributed by atoms with Gasteiger partial charge in [0.1, 0.15) is 0 Å². The van der Waals surface area contributed by atoms with Crippen LogP contribution < -0.4 is 16.8 Å². The van der Waals surface area contributed by atoms with Crippen molar-refractivity contribution < 1.29 is 14.3 Å². The quantitative estimate of drug-likeness (QED) is 0.0976. The smallest absolute Gasteiger partial charge is 0.436 e. The zero-order valence-electron chi connectivity index (χ0n) is 23.5. The molecule has 0 saturated carbocycles. The van der Waals surface area contributed by atoms with Crippen LogP contribution in [0.15, 0.2) is 70.7 Å². The summed E-state index contributed by atoms with van der Waals surface area (Å²) in [5.41, 5.74) is 11.1. The van der Waals surface area contributed by atoms with Gasteiger partial charge in [-0.3, -0.25) is 4.79 Å². The summed E-state index contributed by atoms with van der Waals surface area (Å²) in [4.78, 5) is 32.3. The number of nitrogens with one attached hydrogen (secondary N) is 1. The first kappa shape index (κ1) is 34.4. The maximum absolute atomic E-state index is 11.9. The van der Waals surface area contributed by atoms with E-state index in [0.29, 0.717) is 25.8 Å². The summed E-state index contributed by atoms with van der Waals surface area (Å²) in [6, 6.07) is 0. The maximum Gasteiger partial charge on any atom is 0.436 e. The second kappa shape index (κ2) is 25.0. The Morgan fingerprint density at radius 3 is 1.89 bits per heavy atom. The van der Waals surface area contributed by atoms with E-state index in [0.717, 1.165) is 44.9 Å². The number of guanidine groups is 2. The number of amides is 2. The van der Waals surface area contributed by atoms with Crippen LogP contribution in [0.5, 0.6) is 0 Å². The molecule has 38 heavy (non-hydrogen) atoms. The second-order valence-corrected chi connectivity index (χ2v) is 8.61. The molecule has 0 bridgehead atoms. The molecule has 0 fully saturated rings. The van der Waals surface area contributed by atoms with E-state index in [-0.39, 0.29) is 24.4 Å². The average Bonchev–Trinajstić information content (AvgIpc) is 2.87. The lowest BCUT2D eigenvalue weighted by atomic mass is 10.2. The molecule has 0 aromatic carbocycles. The highest BCUT2D eigenvalue weighted by atomic mass is 16.5. The minimum atomic E-state index is -0.822. The largest absolute Gasteiger partial charge is 0.448 e. The number of nitrogens with two attached hydrogens (primary N) is 2. The predicted octanol–water partition coefficient (Wildman–Crippen LogP) is 5.13. The van der Waals surface area contributed by atoms with Crippen LogP contribution in [0.25, 0.3) is 0 Å². The van der Waals surface area contributed by atoms with Crippen molar-refractivity contribution in [2.24, 2.45) is 21.5 Å². The molecule has 0 aliphatic rings. The molecule has 0 rings (SSSR count). The molecule has 0 aliphatic carbocycles. The third-order valence-electron chi connectivity index (χ3n) is 4.94. The number of rotatable bonds is 18. The normalized spacial score (nSPS) is 13.0. The van der Waals surface area contributed by atoms with Gasteiger partial charge in [0, 0.05) is 27.1 Å². The molecule has 9 nitrogen and oxygen atoms in total. The molecule has 0 aromatic rings. The van der Waals surface area contributed by atoms with Gasteiger partial charge >= 0.3 is 6.09 Å². The summed E-state index contributed by atoms with van der Waals surface area (Å²) < 4.78 is 4.97. The Balaban J connectivity index is 3.70. The third kappa shape index (κ3) is 24.1. The standard InChI is InChI=1S/C29H48N6O3/c1-4-5-6-7-8-9-10-11-12-13-14-15-16-17-18-19-20-23-26(36)32-24-21-22-25-38-29(37)34-27(30)33-28(31)35(2)3/h5-6,8-9,11-12,14-15,17-18H,4,7,10,13,16,19-25H2,1-3H3,(H,32,36)(H4,30,31,33,34,37). The number of hydrogen-bond acceptors (Lipinski definition) is 3. The number of allylic oxidation sites excluding steroid dienone is 10. The van der Waals surface area contributed by atoms with Gasteiger partial charge in [-0.15, -0.1) is 4.99 Å². The van der Waals surface area contributed by atoms with Crippen molar-refractivity contribution in [1.82, 2.24) is 10.2 Å². The molecular formula is C29H48N6O3. The highest BCUT2D eigenvalue weighted by Crippen LogP contribution is 2.00. The Labute approximate surface area is 229 Å². The summed E-state index contributed by atoms with van der Waals surface area (Å²) in [7, 11) is 3.38. The van der Waals surface area contributed by atoms with Gasteiger partial charge in [-0.2, -0.15) is 4.99 Å². The van der Waals surface area contributed by atoms with Gasteiger partial charge in [-0.05, 0) is 57.8 Å². The topological polar surface area (TPSA) is 135 Å². The Morgan fingerprint density at radius 1 is 0.789 bits per heavy atom. The molecule has 0 saturated heterocycles. The highest BCUT2D eigenvalue weighted by Gasteiger charge is 2.04. The number of carbonyl (C=O) groups excluding carboxylic acids is 2. The zero-order valence-corrected chi connectivity index (χ0v) is 23.5. The molecule has 0 spiro atoms. The van der Waals surface area contributed by atoms with E-state index in [2.05, 4.69) is 83.0 Å². The van der Waals surface area contributed by atoms with Crippen molar-refractivity contribution >= 4 is 23.9 Å². The maximum atomic E-state index is 11.9. The minimum Gasteiger partial charge on any atom is -0.448 e. The monoisotopic (exact) mass is 528 g/mol. The number of unbranched alkanes of at least 4 members (excludes halogenated alkanes) is 2. The Morgan fingerprint density at radius 2 is 1.34 bits per heavy atom. The summed E-state index contributed by atoms with van der Waals surface area (Å²) in [6.07, 6.45) is 29.3. The minimum absolute atomic E-state index is 0.0306. The fourth-order valence-corrected chi connectivity index (χ4v) is 2.82. The third-order valence-corrected chi connectivity index (χ3v) is 4.94. The summed E-state index contributed by atoms with van der Waals surface area (Å²) in [5, 5.41) is 2.88. The van der Waals surface area contributed by atoms with E-state index >= 15 is 0 Å². The van der Waals surface area contributed by atoms with Crippen LogP contribution in [0.3, 0.4) is 0 Å². The molecule has 5 N–H and O–H groups in total. The van der Waals surface area contributed by atoms with E-state index in [1.807, 2.05) is 0 Å². The summed E-state index contributed by atoms with van der Waals surface area (Å²) in [5.74, 6) is -0.103. The molecule has 9 heteroatoms. The van der Waals surface area contributed by atoms with Crippen LogP contribution in [0, 0.1) is 0 Å². The first-order valence-electron chi connectivity index (χ1n) is 13.4. The summed E-state index contributed by atoms with van der Waals surface area (Å²) >= 11 is 0. The molecule has 0 atom stereocenters. The van der Waals surface area contributed by atoms with Crippen molar-refractivity contribution in [3.8, 4) is 0 Å². The van der Waals surface area contributed by atoms with Crippen LogP contribution in [-0.2, 0) is 9.53 Å². The Bertz CT molecular complexity index is 854. The van der Waals surface area contributed by atoms with E-state index < -0.39 is 6.09 Å². The van der Waals surface area contributed by atoms with Crippen molar-refractivity contribution in [3.05, 3.63) is 60.8 Å². The fraction of sp³-hybridized carbons (Fsp3) is 0.517. The number of carbonyl (C=O) groups is 2. The van der Waals surface area contributed by atoms with Gasteiger partial charge in [-0.1, -0.05) is 67.7 Å². The van der Waals surface area contributed by atoms with Gasteiger partial charge in [-0.25, -0.2) is 4.79 Å². The van der Waals surface area contributed by atoms with E-state index in [9.17, 15) is 9.59 Å². The van der Waals surface area contributed by atoms with Crippen molar-refractivity contribution in [2.45, 2.75) is 71.1 Å². The average molecular weight is 529 g/mol. The molecule has 0 radical (unpaired) electrons. The number of hydrogen-bond donors (Lipinski definition) is 3. The molecule has 0 heterocycles.